The standard InChI is InChI=1S/C20H19N3O3S/c1-13-18(27-20(21-13)15-8-4-3-5-9-15)19(25)23-22-17(24)12-14-7-6-10-16(11-14)26-2/h3-11H,12H2,1-2H3,(H,22,24)(H,23,25). The quantitative estimate of drug-likeness (QED) is 0.666. The molecule has 0 bridgehead atoms. The molecule has 7 heteroatoms. The zero-order valence-electron chi connectivity index (χ0n) is 15.0. The highest BCUT2D eigenvalue weighted by Crippen LogP contribution is 2.27. The normalized spacial score (nSPS) is 10.3. The van der Waals surface area contributed by atoms with Crippen LogP contribution in [0.15, 0.2) is 54.6 Å². The van der Waals surface area contributed by atoms with Crippen molar-refractivity contribution in [3.63, 3.8) is 0 Å². The average molecular weight is 381 g/mol. The number of aryl methyl sites for hydroxylation is 1. The van der Waals surface area contributed by atoms with E-state index >= 15 is 0 Å². The molecule has 0 atom stereocenters. The summed E-state index contributed by atoms with van der Waals surface area (Å²) in [6.07, 6.45) is 0.133. The number of nitrogens with one attached hydrogen (secondary N) is 2. The van der Waals surface area contributed by atoms with Crippen LogP contribution in [0.2, 0.25) is 0 Å². The van der Waals surface area contributed by atoms with Crippen molar-refractivity contribution in [2.75, 3.05) is 7.11 Å². The molecule has 0 spiro atoms. The third-order valence-electron chi connectivity index (χ3n) is 3.84. The first-order chi connectivity index (χ1) is 13.1. The van der Waals surface area contributed by atoms with Gasteiger partial charge in [0.1, 0.15) is 15.6 Å². The number of methoxy groups -OCH3 is 1. The molecule has 0 unspecified atom stereocenters. The molecule has 1 heterocycles. The number of carbonyl (C=O) groups is 2. The van der Waals surface area contributed by atoms with Gasteiger partial charge in [-0.15, -0.1) is 11.3 Å². The third-order valence-corrected chi connectivity index (χ3v) is 5.04. The maximum absolute atomic E-state index is 12.4. The molecule has 0 aliphatic rings. The van der Waals surface area contributed by atoms with Crippen LogP contribution >= 0.6 is 11.3 Å². The Morgan fingerprint density at radius 1 is 1.07 bits per heavy atom. The van der Waals surface area contributed by atoms with Crippen molar-refractivity contribution in [1.82, 2.24) is 15.8 Å². The smallest absolute Gasteiger partial charge is 0.281 e. The molecule has 138 valence electrons. The van der Waals surface area contributed by atoms with E-state index in [1.54, 1.807) is 26.2 Å². The van der Waals surface area contributed by atoms with Gasteiger partial charge in [0.15, 0.2) is 0 Å². The van der Waals surface area contributed by atoms with Crippen LogP contribution in [0.5, 0.6) is 5.75 Å². The molecule has 0 saturated heterocycles. The van der Waals surface area contributed by atoms with Gasteiger partial charge in [0, 0.05) is 5.56 Å². The molecule has 0 radical (unpaired) electrons. The molecule has 3 aromatic rings. The number of nitrogens with zero attached hydrogens (tertiary/aromatic N) is 1. The van der Waals surface area contributed by atoms with Gasteiger partial charge in [-0.25, -0.2) is 4.98 Å². The number of carbonyl (C=O) groups excluding carboxylic acids is 2. The molecular formula is C20H19N3O3S. The number of amides is 2. The van der Waals surface area contributed by atoms with Crippen LogP contribution in [0.25, 0.3) is 10.6 Å². The number of aromatic nitrogens is 1. The lowest BCUT2D eigenvalue weighted by molar-refractivity contribution is -0.121. The van der Waals surface area contributed by atoms with E-state index in [1.165, 1.54) is 11.3 Å². The SMILES string of the molecule is COc1cccc(CC(=O)NNC(=O)c2sc(-c3ccccc3)nc2C)c1. The molecular weight excluding hydrogens is 362 g/mol. The summed E-state index contributed by atoms with van der Waals surface area (Å²) in [6, 6.07) is 16.9. The van der Waals surface area contributed by atoms with Crippen LogP contribution in [-0.4, -0.2) is 23.9 Å². The minimum absolute atomic E-state index is 0.133. The molecule has 2 aromatic carbocycles. The summed E-state index contributed by atoms with van der Waals surface area (Å²) in [4.78, 5) is 29.4. The van der Waals surface area contributed by atoms with Crippen molar-refractivity contribution in [3.05, 3.63) is 70.7 Å². The van der Waals surface area contributed by atoms with Crippen LogP contribution in [-0.2, 0) is 11.2 Å². The molecule has 3 rings (SSSR count). The Hall–Kier alpha value is -3.19. The molecule has 1 aromatic heterocycles. The van der Waals surface area contributed by atoms with Crippen LogP contribution in [0, 0.1) is 6.92 Å². The highest BCUT2D eigenvalue weighted by Gasteiger charge is 2.16. The van der Waals surface area contributed by atoms with Crippen LogP contribution < -0.4 is 15.6 Å². The molecule has 27 heavy (non-hydrogen) atoms. The Balaban J connectivity index is 1.60. The summed E-state index contributed by atoms with van der Waals surface area (Å²) in [6.45, 7) is 1.77. The Kier molecular flexibility index (Phi) is 5.83. The Morgan fingerprint density at radius 2 is 1.85 bits per heavy atom. The van der Waals surface area contributed by atoms with Crippen molar-refractivity contribution < 1.29 is 14.3 Å². The molecule has 2 N–H and O–H groups in total. The summed E-state index contributed by atoms with van der Waals surface area (Å²) in [5, 5.41) is 0.765. The first kappa shape index (κ1) is 18.6. The minimum atomic E-state index is -0.383. The number of thiazole rings is 1. The fourth-order valence-electron chi connectivity index (χ4n) is 2.51. The Bertz CT molecular complexity index is 954. The first-order valence-electron chi connectivity index (χ1n) is 8.32. The Labute approximate surface area is 161 Å². The van der Waals surface area contributed by atoms with Crippen LogP contribution in [0.1, 0.15) is 20.9 Å². The first-order valence-corrected chi connectivity index (χ1v) is 9.13. The van der Waals surface area contributed by atoms with Crippen LogP contribution in [0.3, 0.4) is 0 Å². The maximum atomic E-state index is 12.4. The molecule has 2 amide bonds. The van der Waals surface area contributed by atoms with E-state index in [0.29, 0.717) is 16.3 Å². The molecule has 0 fully saturated rings. The number of hydrogen-bond donors (Lipinski definition) is 2. The van der Waals surface area contributed by atoms with Crippen molar-refractivity contribution in [3.8, 4) is 16.3 Å². The van der Waals surface area contributed by atoms with Crippen molar-refractivity contribution >= 4 is 23.2 Å². The van der Waals surface area contributed by atoms with Gasteiger partial charge in [-0.1, -0.05) is 42.5 Å². The summed E-state index contributed by atoms with van der Waals surface area (Å²) in [7, 11) is 1.57. The predicted molar refractivity (Wildman–Crippen MR) is 105 cm³/mol. The van der Waals surface area contributed by atoms with Gasteiger partial charge < -0.3 is 4.74 Å². The van der Waals surface area contributed by atoms with E-state index in [2.05, 4.69) is 15.8 Å². The summed E-state index contributed by atoms with van der Waals surface area (Å²) in [5.74, 6) is -0.0220. The number of benzene rings is 2. The van der Waals surface area contributed by atoms with E-state index in [1.807, 2.05) is 42.5 Å². The Morgan fingerprint density at radius 3 is 2.59 bits per heavy atom. The second-order valence-electron chi connectivity index (χ2n) is 5.83. The van der Waals surface area contributed by atoms with Gasteiger partial charge in [-0.2, -0.15) is 0 Å². The van der Waals surface area contributed by atoms with Crippen molar-refractivity contribution in [2.24, 2.45) is 0 Å². The molecule has 6 nitrogen and oxygen atoms in total. The highest BCUT2D eigenvalue weighted by molar-refractivity contribution is 7.17. The van der Waals surface area contributed by atoms with E-state index in [-0.39, 0.29) is 18.2 Å². The lowest BCUT2D eigenvalue weighted by Gasteiger charge is -2.07. The van der Waals surface area contributed by atoms with Gasteiger partial charge in [0.2, 0.25) is 5.91 Å². The number of ether oxygens (including phenoxy) is 1. The van der Waals surface area contributed by atoms with Gasteiger partial charge in [0.25, 0.3) is 5.91 Å². The topological polar surface area (TPSA) is 80.3 Å². The number of hydrazine groups is 1. The molecule has 0 aliphatic carbocycles. The summed E-state index contributed by atoms with van der Waals surface area (Å²) in [5.41, 5.74) is 7.26. The van der Waals surface area contributed by atoms with Gasteiger partial charge in [-0.3, -0.25) is 20.4 Å². The lowest BCUT2D eigenvalue weighted by atomic mass is 10.1. The van der Waals surface area contributed by atoms with Crippen molar-refractivity contribution in [2.45, 2.75) is 13.3 Å². The molecule has 0 saturated carbocycles. The lowest BCUT2D eigenvalue weighted by Crippen LogP contribution is -2.42. The van der Waals surface area contributed by atoms with Gasteiger partial charge in [-0.05, 0) is 24.6 Å². The largest absolute Gasteiger partial charge is 0.497 e. The summed E-state index contributed by atoms with van der Waals surface area (Å²) >= 11 is 1.29. The molecule has 0 aliphatic heterocycles. The monoisotopic (exact) mass is 381 g/mol. The maximum Gasteiger partial charge on any atom is 0.281 e. The zero-order valence-corrected chi connectivity index (χ0v) is 15.8. The van der Waals surface area contributed by atoms with Crippen LogP contribution in [0.4, 0.5) is 0 Å². The average Bonchev–Trinajstić information content (AvgIpc) is 3.09. The number of rotatable bonds is 5. The second-order valence-corrected chi connectivity index (χ2v) is 6.83. The van der Waals surface area contributed by atoms with E-state index in [9.17, 15) is 9.59 Å². The van der Waals surface area contributed by atoms with Gasteiger partial charge in [0.05, 0.1) is 19.2 Å². The zero-order chi connectivity index (χ0) is 19.2. The fraction of sp³-hybridized carbons (Fsp3) is 0.150. The van der Waals surface area contributed by atoms with Gasteiger partial charge >= 0.3 is 0 Å². The highest BCUT2D eigenvalue weighted by atomic mass is 32.1. The van der Waals surface area contributed by atoms with E-state index in [4.69, 9.17) is 4.74 Å². The van der Waals surface area contributed by atoms with E-state index < -0.39 is 0 Å². The predicted octanol–water partition coefficient (Wildman–Crippen LogP) is 3.13. The summed E-state index contributed by atoms with van der Waals surface area (Å²) < 4.78 is 5.14. The van der Waals surface area contributed by atoms with Crippen molar-refractivity contribution in [1.29, 1.82) is 0 Å². The third kappa shape index (κ3) is 4.71. The van der Waals surface area contributed by atoms with E-state index in [0.717, 1.165) is 16.1 Å². The number of hydrogen-bond acceptors (Lipinski definition) is 5. The fourth-order valence-corrected chi connectivity index (χ4v) is 3.47. The minimum Gasteiger partial charge on any atom is -0.497 e. The second kappa shape index (κ2) is 8.46.